The summed E-state index contributed by atoms with van der Waals surface area (Å²) in [6.45, 7) is 3.98. The van der Waals surface area contributed by atoms with Crippen LogP contribution < -0.4 is 10.6 Å². The molecule has 1 aromatic carbocycles. The number of rotatable bonds is 2. The molecule has 1 unspecified atom stereocenters. The lowest BCUT2D eigenvalue weighted by Crippen LogP contribution is -2.21. The lowest BCUT2D eigenvalue weighted by Gasteiger charge is -2.20. The summed E-state index contributed by atoms with van der Waals surface area (Å²) in [4.78, 5) is 2.27. The van der Waals surface area contributed by atoms with Crippen molar-refractivity contribution in [3.63, 3.8) is 0 Å². The van der Waals surface area contributed by atoms with Crippen LogP contribution >= 0.6 is 28.1 Å². The third-order valence-corrected chi connectivity index (χ3v) is 4.09. The van der Waals surface area contributed by atoms with Gasteiger partial charge in [-0.2, -0.15) is 0 Å². The van der Waals surface area contributed by atoms with Gasteiger partial charge in [0.1, 0.15) is 4.99 Å². The molecule has 0 aromatic heterocycles. The summed E-state index contributed by atoms with van der Waals surface area (Å²) in [5.41, 5.74) is 6.71. The zero-order chi connectivity index (χ0) is 12.6. The van der Waals surface area contributed by atoms with Crippen molar-refractivity contribution in [1.29, 1.82) is 0 Å². The molecule has 1 saturated heterocycles. The second kappa shape index (κ2) is 4.90. The van der Waals surface area contributed by atoms with E-state index >= 15 is 0 Å². The molecule has 17 heavy (non-hydrogen) atoms. The van der Waals surface area contributed by atoms with Gasteiger partial charge in [-0.3, -0.25) is 0 Å². The number of benzene rings is 1. The summed E-state index contributed by atoms with van der Waals surface area (Å²) < 4.78 is 14.6. The van der Waals surface area contributed by atoms with Crippen LogP contribution in [0.1, 0.15) is 18.9 Å². The van der Waals surface area contributed by atoms with Gasteiger partial charge in [-0.05, 0) is 40.4 Å². The van der Waals surface area contributed by atoms with Crippen LogP contribution in [0.5, 0.6) is 0 Å². The Hall–Kier alpha value is -0.680. The average molecular weight is 317 g/mol. The molecule has 1 aliphatic rings. The van der Waals surface area contributed by atoms with Crippen molar-refractivity contribution in [1.82, 2.24) is 0 Å². The molecule has 2 N–H and O–H groups in total. The van der Waals surface area contributed by atoms with Crippen LogP contribution in [0.2, 0.25) is 0 Å². The Kier molecular flexibility index (Phi) is 3.68. The number of halogens is 2. The predicted molar refractivity (Wildman–Crippen MR) is 76.0 cm³/mol. The van der Waals surface area contributed by atoms with Gasteiger partial charge in [0.15, 0.2) is 5.82 Å². The highest BCUT2D eigenvalue weighted by atomic mass is 79.9. The predicted octanol–water partition coefficient (Wildman–Crippen LogP) is 3.07. The number of hydrogen-bond donors (Lipinski definition) is 1. The minimum Gasteiger partial charge on any atom is -0.389 e. The van der Waals surface area contributed by atoms with E-state index in [1.807, 2.05) is 0 Å². The van der Waals surface area contributed by atoms with Crippen molar-refractivity contribution in [2.45, 2.75) is 13.3 Å². The highest BCUT2D eigenvalue weighted by Crippen LogP contribution is 2.32. The fraction of sp³-hybridized carbons (Fsp3) is 0.417. The third kappa shape index (κ3) is 2.45. The zero-order valence-corrected chi connectivity index (χ0v) is 11.9. The summed E-state index contributed by atoms with van der Waals surface area (Å²) in [6.07, 6.45) is 1.11. The first kappa shape index (κ1) is 12.8. The second-order valence-electron chi connectivity index (χ2n) is 4.46. The topological polar surface area (TPSA) is 29.3 Å². The van der Waals surface area contributed by atoms with Gasteiger partial charge in [-0.1, -0.05) is 19.1 Å². The Balaban J connectivity index is 2.37. The molecule has 0 amide bonds. The van der Waals surface area contributed by atoms with Crippen LogP contribution in [0.25, 0.3) is 0 Å². The summed E-state index contributed by atoms with van der Waals surface area (Å²) in [5, 5.41) is 0. The van der Waals surface area contributed by atoms with Gasteiger partial charge in [-0.25, -0.2) is 4.39 Å². The number of hydrogen-bond acceptors (Lipinski definition) is 2. The Bertz CT molecular complexity index is 464. The van der Waals surface area contributed by atoms with Crippen LogP contribution in [-0.2, 0) is 0 Å². The number of nitrogens with zero attached hydrogens (tertiary/aromatic N) is 1. The lowest BCUT2D eigenvalue weighted by atomic mass is 10.1. The first-order valence-electron chi connectivity index (χ1n) is 5.53. The average Bonchev–Trinajstić information content (AvgIpc) is 2.68. The molecular weight excluding hydrogens is 303 g/mol. The standard InChI is InChI=1S/C12H14BrFN2S/c1-7-4-5-16(6-7)9-3-2-8(12(15)17)10(13)11(9)14/h2-3,7H,4-6H2,1H3,(H2,15,17). The van der Waals surface area contributed by atoms with Gasteiger partial charge in [0.05, 0.1) is 10.2 Å². The fourth-order valence-corrected chi connectivity index (χ4v) is 2.98. The monoisotopic (exact) mass is 316 g/mol. The molecule has 0 radical (unpaired) electrons. The van der Waals surface area contributed by atoms with Crippen molar-refractivity contribution in [2.24, 2.45) is 11.7 Å². The van der Waals surface area contributed by atoms with Gasteiger partial charge in [-0.15, -0.1) is 0 Å². The number of thiocarbonyl (C=S) groups is 1. The van der Waals surface area contributed by atoms with Gasteiger partial charge in [0.25, 0.3) is 0 Å². The first-order chi connectivity index (χ1) is 8.00. The lowest BCUT2D eigenvalue weighted by molar-refractivity contribution is 0.613. The quantitative estimate of drug-likeness (QED) is 0.850. The number of nitrogens with two attached hydrogens (primary N) is 1. The molecule has 0 aliphatic carbocycles. The third-order valence-electron chi connectivity index (χ3n) is 3.09. The molecule has 1 heterocycles. The van der Waals surface area contributed by atoms with Gasteiger partial charge in [0.2, 0.25) is 0 Å². The molecule has 0 bridgehead atoms. The van der Waals surface area contributed by atoms with Crippen molar-refractivity contribution < 1.29 is 4.39 Å². The van der Waals surface area contributed by atoms with Gasteiger partial charge >= 0.3 is 0 Å². The summed E-state index contributed by atoms with van der Waals surface area (Å²) in [6, 6.07) is 3.53. The molecule has 0 saturated carbocycles. The molecule has 1 aromatic rings. The molecule has 1 fully saturated rings. The Morgan fingerprint density at radius 1 is 1.59 bits per heavy atom. The molecule has 92 valence electrons. The highest BCUT2D eigenvalue weighted by molar-refractivity contribution is 9.10. The van der Waals surface area contributed by atoms with Crippen molar-refractivity contribution in [3.05, 3.63) is 28.0 Å². The van der Waals surface area contributed by atoms with Crippen LogP contribution in [0, 0.1) is 11.7 Å². The van der Waals surface area contributed by atoms with E-state index in [0.29, 0.717) is 21.6 Å². The molecule has 2 nitrogen and oxygen atoms in total. The van der Waals surface area contributed by atoms with Crippen LogP contribution in [0.3, 0.4) is 0 Å². The highest BCUT2D eigenvalue weighted by Gasteiger charge is 2.23. The Morgan fingerprint density at radius 3 is 2.82 bits per heavy atom. The molecule has 1 aliphatic heterocycles. The van der Waals surface area contributed by atoms with Crippen molar-refractivity contribution >= 4 is 38.8 Å². The van der Waals surface area contributed by atoms with Crippen molar-refractivity contribution in [2.75, 3.05) is 18.0 Å². The summed E-state index contributed by atoms with van der Waals surface area (Å²) in [7, 11) is 0. The SMILES string of the molecule is CC1CCN(c2ccc(C(N)=S)c(Br)c2F)C1. The van der Waals surface area contributed by atoms with Crippen molar-refractivity contribution in [3.8, 4) is 0 Å². The van der Waals surface area contributed by atoms with Gasteiger partial charge < -0.3 is 10.6 Å². The van der Waals surface area contributed by atoms with E-state index in [-0.39, 0.29) is 10.8 Å². The fourth-order valence-electron chi connectivity index (χ4n) is 2.13. The van der Waals surface area contributed by atoms with E-state index in [4.69, 9.17) is 18.0 Å². The smallest absolute Gasteiger partial charge is 0.161 e. The maximum atomic E-state index is 14.2. The van der Waals surface area contributed by atoms with Crippen LogP contribution in [0.15, 0.2) is 16.6 Å². The van der Waals surface area contributed by atoms with Crippen LogP contribution in [-0.4, -0.2) is 18.1 Å². The van der Waals surface area contributed by atoms with Crippen LogP contribution in [0.4, 0.5) is 10.1 Å². The minimum absolute atomic E-state index is 0.206. The Labute approximate surface area is 114 Å². The zero-order valence-electron chi connectivity index (χ0n) is 9.54. The van der Waals surface area contributed by atoms with E-state index in [2.05, 4.69) is 27.8 Å². The van der Waals surface area contributed by atoms with E-state index in [9.17, 15) is 4.39 Å². The largest absolute Gasteiger partial charge is 0.389 e. The van der Waals surface area contributed by atoms with E-state index in [0.717, 1.165) is 19.5 Å². The first-order valence-corrected chi connectivity index (χ1v) is 6.73. The molecule has 1 atom stereocenters. The van der Waals surface area contributed by atoms with Gasteiger partial charge in [0, 0.05) is 18.7 Å². The number of anilines is 1. The maximum Gasteiger partial charge on any atom is 0.161 e. The molecule has 2 rings (SSSR count). The summed E-state index contributed by atoms with van der Waals surface area (Å²) in [5.74, 6) is 0.341. The second-order valence-corrected chi connectivity index (χ2v) is 5.70. The molecule has 0 spiro atoms. The molecular formula is C12H14BrFN2S. The molecule has 5 heteroatoms. The van der Waals surface area contributed by atoms with E-state index < -0.39 is 0 Å². The normalized spacial score (nSPS) is 19.7. The Morgan fingerprint density at radius 2 is 2.29 bits per heavy atom. The summed E-state index contributed by atoms with van der Waals surface area (Å²) >= 11 is 8.10. The minimum atomic E-state index is -0.274. The van der Waals surface area contributed by atoms with E-state index in [1.165, 1.54) is 0 Å². The van der Waals surface area contributed by atoms with E-state index in [1.54, 1.807) is 12.1 Å². The maximum absolute atomic E-state index is 14.2.